The Morgan fingerprint density at radius 2 is 2.13 bits per heavy atom. The number of thiazole rings is 1. The van der Waals surface area contributed by atoms with Crippen LogP contribution in [0.4, 0.5) is 0 Å². The van der Waals surface area contributed by atoms with E-state index < -0.39 is 0 Å². The maximum absolute atomic E-state index is 12.5. The van der Waals surface area contributed by atoms with Crippen LogP contribution in [0.5, 0.6) is 0 Å². The number of thiophene rings is 1. The Balaban J connectivity index is 1.47. The first-order valence-electron chi connectivity index (χ1n) is 7.53. The smallest absolute Gasteiger partial charge is 0.261 e. The minimum Gasteiger partial charge on any atom is -0.348 e. The van der Waals surface area contributed by atoms with Crippen LogP contribution in [0.1, 0.15) is 29.4 Å². The molecule has 0 aromatic carbocycles. The Bertz CT molecular complexity index is 886. The molecule has 1 aliphatic rings. The molecule has 1 fully saturated rings. The van der Waals surface area contributed by atoms with Crippen LogP contribution in [0, 0.1) is 0 Å². The lowest BCUT2D eigenvalue weighted by molar-refractivity contribution is -0.129. The fourth-order valence-corrected chi connectivity index (χ4v) is 4.66. The van der Waals surface area contributed by atoms with Crippen LogP contribution in [-0.4, -0.2) is 45.2 Å². The topological polar surface area (TPSA) is 66.7 Å². The van der Waals surface area contributed by atoms with Crippen LogP contribution in [0.2, 0.25) is 0 Å². The molecule has 1 N–H and O–H groups in total. The average molecular weight is 348 g/mol. The quantitative estimate of drug-likeness (QED) is 0.773. The van der Waals surface area contributed by atoms with Gasteiger partial charge in [0, 0.05) is 37.6 Å². The van der Waals surface area contributed by atoms with Crippen molar-refractivity contribution in [2.75, 3.05) is 13.1 Å². The third-order valence-corrected chi connectivity index (χ3v) is 6.01. The van der Waals surface area contributed by atoms with Gasteiger partial charge in [-0.15, -0.1) is 22.7 Å². The standard InChI is InChI=1S/C15H16N4O2S2/c1-9(20)18-4-2-10(3-5-18)16-13(21)12-8-11-14(23-12)17-15-19(11)6-7-22-15/h6-8,10H,2-5H2,1H3,(H,16,21). The third-order valence-electron chi connectivity index (χ3n) is 4.24. The zero-order chi connectivity index (χ0) is 16.0. The summed E-state index contributed by atoms with van der Waals surface area (Å²) < 4.78 is 2.01. The SMILES string of the molecule is CC(=O)N1CCC(NC(=O)c2cc3c(nc4sccn43)s2)CC1. The zero-order valence-corrected chi connectivity index (χ0v) is 14.2. The highest BCUT2D eigenvalue weighted by Gasteiger charge is 2.23. The van der Waals surface area contributed by atoms with Gasteiger partial charge in [-0.25, -0.2) is 4.98 Å². The number of piperidine rings is 1. The molecule has 6 nitrogen and oxygen atoms in total. The first kappa shape index (κ1) is 14.6. The van der Waals surface area contributed by atoms with Gasteiger partial charge < -0.3 is 10.2 Å². The second-order valence-corrected chi connectivity index (χ2v) is 7.63. The van der Waals surface area contributed by atoms with Crippen LogP contribution >= 0.6 is 22.7 Å². The molecule has 0 radical (unpaired) electrons. The van der Waals surface area contributed by atoms with Gasteiger partial charge in [0.1, 0.15) is 4.83 Å². The molecule has 120 valence electrons. The van der Waals surface area contributed by atoms with Crippen molar-refractivity contribution in [3.63, 3.8) is 0 Å². The van der Waals surface area contributed by atoms with Crippen LogP contribution in [0.3, 0.4) is 0 Å². The molecule has 1 aliphatic heterocycles. The monoisotopic (exact) mass is 348 g/mol. The molecule has 3 aromatic rings. The first-order chi connectivity index (χ1) is 11.1. The van der Waals surface area contributed by atoms with Crippen molar-refractivity contribution in [3.8, 4) is 0 Å². The number of nitrogens with one attached hydrogen (secondary N) is 1. The average Bonchev–Trinajstić information content (AvgIpc) is 3.19. The molecule has 4 heterocycles. The summed E-state index contributed by atoms with van der Waals surface area (Å²) in [5.41, 5.74) is 0.989. The second-order valence-electron chi connectivity index (χ2n) is 5.72. The Labute approximate surface area is 140 Å². The summed E-state index contributed by atoms with van der Waals surface area (Å²) in [5.74, 6) is 0.0629. The van der Waals surface area contributed by atoms with Crippen LogP contribution in [0.25, 0.3) is 15.3 Å². The van der Waals surface area contributed by atoms with Crippen molar-refractivity contribution in [2.24, 2.45) is 0 Å². The van der Waals surface area contributed by atoms with Gasteiger partial charge >= 0.3 is 0 Å². The number of rotatable bonds is 2. The Hall–Kier alpha value is -1.93. The molecular formula is C15H16N4O2S2. The number of hydrogen-bond acceptors (Lipinski definition) is 5. The van der Waals surface area contributed by atoms with Gasteiger partial charge in [-0.2, -0.15) is 0 Å². The van der Waals surface area contributed by atoms with E-state index in [9.17, 15) is 9.59 Å². The van der Waals surface area contributed by atoms with Gasteiger partial charge in [0.2, 0.25) is 5.91 Å². The number of nitrogens with zero attached hydrogens (tertiary/aromatic N) is 3. The fraction of sp³-hybridized carbons (Fsp3) is 0.400. The number of fused-ring (bicyclic) bond motifs is 3. The summed E-state index contributed by atoms with van der Waals surface area (Å²) in [4.78, 5) is 32.7. The Kier molecular flexibility index (Phi) is 3.57. The number of hydrogen-bond donors (Lipinski definition) is 1. The molecule has 3 aromatic heterocycles. The maximum atomic E-state index is 12.5. The van der Waals surface area contributed by atoms with Crippen LogP contribution in [0.15, 0.2) is 17.6 Å². The molecule has 0 aliphatic carbocycles. The van der Waals surface area contributed by atoms with Crippen molar-refractivity contribution in [2.45, 2.75) is 25.8 Å². The number of likely N-dealkylation sites (tertiary alicyclic amines) is 1. The normalized spacial score (nSPS) is 16.3. The van der Waals surface area contributed by atoms with Crippen molar-refractivity contribution >= 4 is 49.8 Å². The van der Waals surface area contributed by atoms with Gasteiger partial charge in [0.15, 0.2) is 4.96 Å². The minimum atomic E-state index is -0.0433. The maximum Gasteiger partial charge on any atom is 0.261 e. The van der Waals surface area contributed by atoms with Gasteiger partial charge in [-0.1, -0.05) is 0 Å². The van der Waals surface area contributed by atoms with E-state index in [0.29, 0.717) is 18.0 Å². The summed E-state index contributed by atoms with van der Waals surface area (Å²) in [7, 11) is 0. The van der Waals surface area contributed by atoms with Gasteiger partial charge in [-0.05, 0) is 18.9 Å². The van der Waals surface area contributed by atoms with Crippen LogP contribution in [-0.2, 0) is 4.79 Å². The van der Waals surface area contributed by atoms with Crippen LogP contribution < -0.4 is 5.32 Å². The molecule has 2 amide bonds. The minimum absolute atomic E-state index is 0.0433. The second kappa shape index (κ2) is 5.61. The first-order valence-corrected chi connectivity index (χ1v) is 9.23. The predicted octanol–water partition coefficient (Wildman–Crippen LogP) is 2.35. The summed E-state index contributed by atoms with van der Waals surface area (Å²) in [6.07, 6.45) is 3.59. The van der Waals surface area contributed by atoms with E-state index >= 15 is 0 Å². The summed E-state index contributed by atoms with van der Waals surface area (Å²) in [5, 5.41) is 5.07. The van der Waals surface area contributed by atoms with Crippen molar-refractivity contribution < 1.29 is 9.59 Å². The molecule has 23 heavy (non-hydrogen) atoms. The van der Waals surface area contributed by atoms with E-state index in [1.807, 2.05) is 26.9 Å². The van der Waals surface area contributed by atoms with Crippen molar-refractivity contribution in [3.05, 3.63) is 22.5 Å². The molecule has 1 saturated heterocycles. The Morgan fingerprint density at radius 3 is 2.87 bits per heavy atom. The molecule has 0 saturated carbocycles. The lowest BCUT2D eigenvalue weighted by atomic mass is 10.0. The molecule has 0 spiro atoms. The highest BCUT2D eigenvalue weighted by atomic mass is 32.1. The van der Waals surface area contributed by atoms with E-state index in [-0.39, 0.29) is 17.9 Å². The van der Waals surface area contributed by atoms with Gasteiger partial charge in [0.25, 0.3) is 5.91 Å². The van der Waals surface area contributed by atoms with E-state index in [2.05, 4.69) is 10.3 Å². The number of carbonyl (C=O) groups excluding carboxylic acids is 2. The Morgan fingerprint density at radius 1 is 1.35 bits per heavy atom. The van der Waals surface area contributed by atoms with Crippen molar-refractivity contribution in [1.82, 2.24) is 19.6 Å². The predicted molar refractivity (Wildman–Crippen MR) is 91.2 cm³/mol. The number of amides is 2. The van der Waals surface area contributed by atoms with E-state index in [1.165, 1.54) is 11.3 Å². The molecule has 0 atom stereocenters. The number of imidazole rings is 1. The van der Waals surface area contributed by atoms with Crippen molar-refractivity contribution in [1.29, 1.82) is 0 Å². The third kappa shape index (κ3) is 2.61. The number of aromatic nitrogens is 2. The molecular weight excluding hydrogens is 332 g/mol. The van der Waals surface area contributed by atoms with E-state index in [4.69, 9.17) is 0 Å². The lowest BCUT2D eigenvalue weighted by Crippen LogP contribution is -2.45. The molecule has 4 rings (SSSR count). The summed E-state index contributed by atoms with van der Waals surface area (Å²) in [6.45, 7) is 3.02. The highest BCUT2D eigenvalue weighted by Crippen LogP contribution is 2.28. The number of carbonyl (C=O) groups is 2. The fourth-order valence-electron chi connectivity index (χ4n) is 2.95. The zero-order valence-electron chi connectivity index (χ0n) is 12.6. The van der Waals surface area contributed by atoms with E-state index in [0.717, 1.165) is 28.1 Å². The van der Waals surface area contributed by atoms with Gasteiger partial charge in [-0.3, -0.25) is 14.0 Å². The highest BCUT2D eigenvalue weighted by molar-refractivity contribution is 7.21. The molecule has 8 heteroatoms. The molecule has 0 bridgehead atoms. The van der Waals surface area contributed by atoms with E-state index in [1.54, 1.807) is 18.3 Å². The molecule has 0 unspecified atom stereocenters. The summed E-state index contributed by atoms with van der Waals surface area (Å²) in [6, 6.07) is 2.04. The summed E-state index contributed by atoms with van der Waals surface area (Å²) >= 11 is 3.02. The largest absolute Gasteiger partial charge is 0.348 e. The lowest BCUT2D eigenvalue weighted by Gasteiger charge is -2.31. The van der Waals surface area contributed by atoms with Gasteiger partial charge in [0.05, 0.1) is 10.4 Å².